The van der Waals surface area contributed by atoms with Gasteiger partial charge in [-0.3, -0.25) is 9.80 Å². The Balaban J connectivity index is 0.000000333. The average Bonchev–Trinajstić information content (AvgIpc) is 3.26. The molecule has 0 atom stereocenters. The minimum absolute atomic E-state index is 0.925. The van der Waals surface area contributed by atoms with Crippen molar-refractivity contribution in [3.63, 3.8) is 0 Å². The summed E-state index contributed by atoms with van der Waals surface area (Å²) in [5, 5.41) is 14.2. The smallest absolute Gasteiger partial charge is 0.475 e. The molecule has 0 saturated carbocycles. The number of aromatic amines is 1. The molecule has 1 saturated heterocycles. The Hall–Kier alpha value is -3.91. The van der Waals surface area contributed by atoms with Gasteiger partial charge in [-0.2, -0.15) is 26.3 Å². The minimum atomic E-state index is -5.08. The number of nitrogens with zero attached hydrogens (tertiary/aromatic N) is 3. The van der Waals surface area contributed by atoms with E-state index in [1.165, 1.54) is 17.0 Å². The third-order valence-electron chi connectivity index (χ3n) is 5.61. The highest BCUT2D eigenvalue weighted by Crippen LogP contribution is 2.19. The lowest BCUT2D eigenvalue weighted by Crippen LogP contribution is -2.45. The molecule has 0 amide bonds. The topological polar surface area (TPSA) is 110 Å². The highest BCUT2D eigenvalue weighted by Gasteiger charge is 2.38. The second-order valence-corrected chi connectivity index (χ2v) is 8.67. The van der Waals surface area contributed by atoms with Gasteiger partial charge in [0.05, 0.1) is 5.69 Å². The van der Waals surface area contributed by atoms with Crippen LogP contribution in [0.15, 0.2) is 60.7 Å². The summed E-state index contributed by atoms with van der Waals surface area (Å²) in [6, 6.07) is 21.1. The number of aromatic nitrogens is 2. The molecular weight excluding hydrogens is 546 g/mol. The van der Waals surface area contributed by atoms with E-state index in [4.69, 9.17) is 24.8 Å². The second-order valence-electron chi connectivity index (χ2n) is 8.67. The van der Waals surface area contributed by atoms with Crippen LogP contribution in [0.3, 0.4) is 0 Å². The quantitative estimate of drug-likeness (QED) is 0.369. The van der Waals surface area contributed by atoms with Crippen LogP contribution in [0.5, 0.6) is 0 Å². The van der Waals surface area contributed by atoms with Crippen LogP contribution in [-0.2, 0) is 22.7 Å². The molecule has 4 rings (SSSR count). The predicted octanol–water partition coefficient (Wildman–Crippen LogP) is 4.97. The van der Waals surface area contributed by atoms with Crippen LogP contribution in [0.25, 0.3) is 11.4 Å². The molecule has 2 aromatic carbocycles. The molecule has 218 valence electrons. The van der Waals surface area contributed by atoms with Crippen molar-refractivity contribution in [2.24, 2.45) is 0 Å². The van der Waals surface area contributed by atoms with Gasteiger partial charge in [-0.25, -0.2) is 14.6 Å². The number of alkyl halides is 6. The van der Waals surface area contributed by atoms with E-state index in [1.54, 1.807) is 0 Å². The number of aliphatic carboxylic acids is 2. The number of H-pyrrole nitrogens is 1. The molecule has 1 aromatic heterocycles. The molecule has 3 N–H and O–H groups in total. The molecule has 0 aliphatic carbocycles. The number of hydrogen-bond acceptors (Lipinski definition) is 5. The van der Waals surface area contributed by atoms with Crippen LogP contribution >= 0.6 is 0 Å². The first-order valence-corrected chi connectivity index (χ1v) is 11.9. The van der Waals surface area contributed by atoms with E-state index in [9.17, 15) is 26.3 Å². The molecule has 0 unspecified atom stereocenters. The first-order chi connectivity index (χ1) is 18.7. The Kier molecular flexibility index (Phi) is 11.7. The van der Waals surface area contributed by atoms with Crippen LogP contribution in [0.2, 0.25) is 0 Å². The number of halogens is 6. The largest absolute Gasteiger partial charge is 0.490 e. The van der Waals surface area contributed by atoms with E-state index in [0.29, 0.717) is 0 Å². The van der Waals surface area contributed by atoms with E-state index in [2.05, 4.69) is 76.3 Å². The molecule has 1 aliphatic rings. The fourth-order valence-corrected chi connectivity index (χ4v) is 3.54. The van der Waals surface area contributed by atoms with Gasteiger partial charge in [0.1, 0.15) is 5.82 Å². The summed E-state index contributed by atoms with van der Waals surface area (Å²) in [6.45, 7) is 8.52. The van der Waals surface area contributed by atoms with E-state index in [1.807, 2.05) is 6.07 Å². The molecule has 3 aromatic rings. The Morgan fingerprint density at radius 1 is 0.775 bits per heavy atom. The molecule has 40 heavy (non-hydrogen) atoms. The number of rotatable bonds is 5. The normalized spacial score (nSPS) is 14.4. The van der Waals surface area contributed by atoms with Crippen LogP contribution in [0, 0.1) is 6.92 Å². The summed E-state index contributed by atoms with van der Waals surface area (Å²) in [5.74, 6) is -4.54. The van der Waals surface area contributed by atoms with Crippen molar-refractivity contribution in [3.8, 4) is 11.4 Å². The van der Waals surface area contributed by atoms with Crippen molar-refractivity contribution in [1.29, 1.82) is 0 Å². The zero-order valence-electron chi connectivity index (χ0n) is 21.3. The summed E-state index contributed by atoms with van der Waals surface area (Å²) in [5.41, 5.74) is 4.89. The monoisotopic (exact) mass is 574 g/mol. The number of carboxylic acid groups (broad SMARTS) is 2. The van der Waals surface area contributed by atoms with E-state index in [-0.39, 0.29) is 0 Å². The molecule has 0 radical (unpaired) electrons. The van der Waals surface area contributed by atoms with Crippen molar-refractivity contribution in [2.75, 3.05) is 26.2 Å². The van der Waals surface area contributed by atoms with Gasteiger partial charge in [-0.1, -0.05) is 60.7 Å². The Bertz CT molecular complexity index is 1190. The van der Waals surface area contributed by atoms with Gasteiger partial charge < -0.3 is 15.2 Å². The number of carbonyl (C=O) groups is 2. The SMILES string of the molecule is Cc1[nH]c(-c2ccccc2)nc1CN1CCN(Cc2ccccc2)CC1.O=C(O)C(F)(F)F.O=C(O)C(F)(F)F. The average molecular weight is 575 g/mol. The van der Waals surface area contributed by atoms with Gasteiger partial charge in [0.15, 0.2) is 0 Å². The molecule has 1 aliphatic heterocycles. The minimum Gasteiger partial charge on any atom is -0.475 e. The number of imidazole rings is 1. The molecular formula is C26H28F6N4O4. The number of hydrogen-bond donors (Lipinski definition) is 3. The maximum atomic E-state index is 10.6. The Morgan fingerprint density at radius 3 is 1.60 bits per heavy atom. The number of benzene rings is 2. The fraction of sp³-hybridized carbons (Fsp3) is 0.346. The van der Waals surface area contributed by atoms with Gasteiger partial charge in [0.2, 0.25) is 0 Å². The van der Waals surface area contributed by atoms with Crippen molar-refractivity contribution < 1.29 is 46.1 Å². The first-order valence-electron chi connectivity index (χ1n) is 11.9. The maximum absolute atomic E-state index is 10.6. The van der Waals surface area contributed by atoms with Gasteiger partial charge in [-0.05, 0) is 12.5 Å². The van der Waals surface area contributed by atoms with E-state index in [0.717, 1.165) is 50.7 Å². The van der Waals surface area contributed by atoms with Crippen molar-refractivity contribution in [2.45, 2.75) is 32.4 Å². The third kappa shape index (κ3) is 11.1. The van der Waals surface area contributed by atoms with Gasteiger partial charge in [0, 0.05) is 50.5 Å². The molecule has 0 bridgehead atoms. The third-order valence-corrected chi connectivity index (χ3v) is 5.61. The Labute approximate surface area is 225 Å². The summed E-state index contributed by atoms with van der Waals surface area (Å²) >= 11 is 0. The predicted molar refractivity (Wildman–Crippen MR) is 133 cm³/mol. The molecule has 2 heterocycles. The van der Waals surface area contributed by atoms with Gasteiger partial charge >= 0.3 is 24.3 Å². The van der Waals surface area contributed by atoms with Crippen molar-refractivity contribution in [3.05, 3.63) is 77.6 Å². The van der Waals surface area contributed by atoms with Gasteiger partial charge in [-0.15, -0.1) is 0 Å². The first kappa shape index (κ1) is 32.3. The lowest BCUT2D eigenvalue weighted by atomic mass is 10.2. The fourth-order valence-electron chi connectivity index (χ4n) is 3.54. The highest BCUT2D eigenvalue weighted by molar-refractivity contribution is 5.73. The lowest BCUT2D eigenvalue weighted by molar-refractivity contribution is -0.193. The number of nitrogens with one attached hydrogen (secondary N) is 1. The van der Waals surface area contributed by atoms with Crippen molar-refractivity contribution >= 4 is 11.9 Å². The summed E-state index contributed by atoms with van der Waals surface area (Å²) in [4.78, 5) is 31.1. The van der Waals surface area contributed by atoms with E-state index < -0.39 is 24.3 Å². The molecule has 14 heteroatoms. The Morgan fingerprint density at radius 2 is 1.18 bits per heavy atom. The molecule has 0 spiro atoms. The zero-order chi connectivity index (χ0) is 29.9. The molecule has 8 nitrogen and oxygen atoms in total. The van der Waals surface area contributed by atoms with E-state index >= 15 is 0 Å². The maximum Gasteiger partial charge on any atom is 0.490 e. The second kappa shape index (κ2) is 14.5. The van der Waals surface area contributed by atoms with Gasteiger partial charge in [0.25, 0.3) is 0 Å². The number of carboxylic acids is 2. The standard InChI is InChI=1S/C22H26N4.2C2HF3O2/c1-18-21(24-22(23-18)20-10-6-3-7-11-20)17-26-14-12-25(13-15-26)16-19-8-4-2-5-9-19;2*3-2(4,5)1(6)7/h2-11H,12-17H2,1H3,(H,23,24);2*(H,6,7). The summed E-state index contributed by atoms with van der Waals surface area (Å²) < 4.78 is 63.5. The van der Waals surface area contributed by atoms with Crippen LogP contribution in [0.4, 0.5) is 26.3 Å². The van der Waals surface area contributed by atoms with Crippen LogP contribution < -0.4 is 0 Å². The number of piperazine rings is 1. The summed E-state index contributed by atoms with van der Waals surface area (Å²) in [7, 11) is 0. The highest BCUT2D eigenvalue weighted by atomic mass is 19.4. The molecule has 1 fully saturated rings. The summed E-state index contributed by atoms with van der Waals surface area (Å²) in [6.07, 6.45) is -10.2. The van der Waals surface area contributed by atoms with Crippen LogP contribution in [0.1, 0.15) is 17.0 Å². The van der Waals surface area contributed by atoms with Crippen molar-refractivity contribution in [1.82, 2.24) is 19.8 Å². The lowest BCUT2D eigenvalue weighted by Gasteiger charge is -2.34. The number of aryl methyl sites for hydroxylation is 1. The zero-order valence-corrected chi connectivity index (χ0v) is 21.3. The van der Waals surface area contributed by atoms with Crippen LogP contribution in [-0.4, -0.2) is 80.5 Å².